The predicted octanol–water partition coefficient (Wildman–Crippen LogP) is 5.86. The van der Waals surface area contributed by atoms with Crippen LogP contribution in [-0.4, -0.2) is 51.9 Å². The molecule has 0 aliphatic carbocycles. The number of ether oxygens (including phenoxy) is 4. The molecule has 232 valence electrons. The van der Waals surface area contributed by atoms with E-state index in [2.05, 4.69) is 16.0 Å². The number of methoxy groups -OCH3 is 4. The van der Waals surface area contributed by atoms with Crippen LogP contribution < -0.4 is 34.9 Å². The molecular formula is C34H33N3O7S. The summed E-state index contributed by atoms with van der Waals surface area (Å²) in [5.74, 6) is 0.979. The van der Waals surface area contributed by atoms with E-state index in [1.807, 2.05) is 6.07 Å². The molecule has 0 radical (unpaired) electrons. The summed E-state index contributed by atoms with van der Waals surface area (Å²) in [6.07, 6.45) is 1.53. The van der Waals surface area contributed by atoms with Crippen molar-refractivity contribution >= 4 is 46.9 Å². The molecule has 0 heterocycles. The lowest BCUT2D eigenvalue weighted by atomic mass is 10.1. The van der Waals surface area contributed by atoms with Gasteiger partial charge in [0, 0.05) is 33.8 Å². The molecule has 0 aromatic heterocycles. The van der Waals surface area contributed by atoms with Gasteiger partial charge < -0.3 is 34.9 Å². The van der Waals surface area contributed by atoms with Crippen molar-refractivity contribution < 1.29 is 33.3 Å². The molecule has 0 fully saturated rings. The Hall–Kier alpha value is -5.42. The van der Waals surface area contributed by atoms with E-state index in [1.54, 1.807) is 99.1 Å². The van der Waals surface area contributed by atoms with E-state index in [0.29, 0.717) is 45.5 Å². The standard InChI is InChI=1S/C34H33N3O7S/c1-41-25-15-16-30(43-3)28(19-25)36-32(38)21-45-27-12-8-11-24(18-27)35-34(40)29(37-33(39)22-9-6-5-7-10-22)17-23-13-14-26(42-2)20-31(23)44-4/h5-20H,21H2,1-4H3,(H,35,40)(H,36,38)(H,37,39)/b29-17+. The summed E-state index contributed by atoms with van der Waals surface area (Å²) < 4.78 is 21.3. The smallest absolute Gasteiger partial charge is 0.272 e. The SMILES string of the molecule is COc1ccc(OC)c(NC(=O)CSc2cccc(NC(=O)/C(=C\c3ccc(OC)cc3OC)NC(=O)c3ccccc3)c2)c1. The van der Waals surface area contributed by atoms with Crippen molar-refractivity contribution in [2.24, 2.45) is 0 Å². The molecule has 45 heavy (non-hydrogen) atoms. The van der Waals surface area contributed by atoms with Gasteiger partial charge in [-0.15, -0.1) is 11.8 Å². The topological polar surface area (TPSA) is 124 Å². The van der Waals surface area contributed by atoms with Gasteiger partial charge in [0.2, 0.25) is 5.91 Å². The van der Waals surface area contributed by atoms with Crippen LogP contribution in [0.15, 0.2) is 102 Å². The number of benzene rings is 4. The van der Waals surface area contributed by atoms with Crippen LogP contribution in [0.1, 0.15) is 15.9 Å². The van der Waals surface area contributed by atoms with Gasteiger partial charge in [0.05, 0.1) is 39.9 Å². The highest BCUT2D eigenvalue weighted by Crippen LogP contribution is 2.30. The van der Waals surface area contributed by atoms with Crippen molar-refractivity contribution in [2.45, 2.75) is 4.90 Å². The molecule has 0 aliphatic rings. The van der Waals surface area contributed by atoms with Crippen molar-refractivity contribution in [1.82, 2.24) is 5.32 Å². The van der Waals surface area contributed by atoms with Crippen molar-refractivity contribution in [3.8, 4) is 23.0 Å². The third kappa shape index (κ3) is 9.04. The Kier molecular flexibility index (Phi) is 11.5. The zero-order chi connectivity index (χ0) is 32.2. The number of carbonyl (C=O) groups excluding carboxylic acids is 3. The summed E-state index contributed by atoms with van der Waals surface area (Å²) in [4.78, 5) is 40.0. The lowest BCUT2D eigenvalue weighted by molar-refractivity contribution is -0.114. The third-order valence-electron chi connectivity index (χ3n) is 6.41. The first-order valence-electron chi connectivity index (χ1n) is 13.7. The van der Waals surface area contributed by atoms with Crippen molar-refractivity contribution in [1.29, 1.82) is 0 Å². The van der Waals surface area contributed by atoms with E-state index in [9.17, 15) is 14.4 Å². The van der Waals surface area contributed by atoms with Crippen molar-refractivity contribution in [3.05, 3.63) is 108 Å². The predicted molar refractivity (Wildman–Crippen MR) is 175 cm³/mol. The van der Waals surface area contributed by atoms with Crippen LogP contribution in [0.3, 0.4) is 0 Å². The van der Waals surface area contributed by atoms with Gasteiger partial charge in [-0.2, -0.15) is 0 Å². The highest BCUT2D eigenvalue weighted by atomic mass is 32.2. The summed E-state index contributed by atoms with van der Waals surface area (Å²) >= 11 is 1.29. The van der Waals surface area contributed by atoms with Crippen LogP contribution in [0.2, 0.25) is 0 Å². The van der Waals surface area contributed by atoms with Gasteiger partial charge in [-0.05, 0) is 60.7 Å². The Balaban J connectivity index is 1.50. The first-order chi connectivity index (χ1) is 21.8. The van der Waals surface area contributed by atoms with Gasteiger partial charge in [-0.25, -0.2) is 0 Å². The summed E-state index contributed by atoms with van der Waals surface area (Å²) in [5, 5.41) is 8.41. The van der Waals surface area contributed by atoms with Gasteiger partial charge in [0.25, 0.3) is 11.8 Å². The van der Waals surface area contributed by atoms with Gasteiger partial charge in [0.1, 0.15) is 28.7 Å². The second kappa shape index (κ2) is 15.9. The lowest BCUT2D eigenvalue weighted by Gasteiger charge is -2.14. The van der Waals surface area contributed by atoms with E-state index in [0.717, 1.165) is 4.90 Å². The number of amides is 3. The van der Waals surface area contributed by atoms with E-state index < -0.39 is 11.8 Å². The molecule has 11 heteroatoms. The Morgan fingerprint density at radius 2 is 1.42 bits per heavy atom. The molecule has 4 aromatic rings. The molecule has 0 saturated heterocycles. The molecule has 0 aliphatic heterocycles. The Bertz CT molecular complexity index is 1690. The molecule has 0 bridgehead atoms. The third-order valence-corrected chi connectivity index (χ3v) is 7.41. The van der Waals surface area contributed by atoms with E-state index in [-0.39, 0.29) is 17.4 Å². The minimum atomic E-state index is -0.554. The van der Waals surface area contributed by atoms with E-state index >= 15 is 0 Å². The Morgan fingerprint density at radius 3 is 2.13 bits per heavy atom. The van der Waals surface area contributed by atoms with Crippen LogP contribution in [0.5, 0.6) is 23.0 Å². The second-order valence-corrected chi connectivity index (χ2v) is 10.4. The highest BCUT2D eigenvalue weighted by Gasteiger charge is 2.17. The molecular weight excluding hydrogens is 594 g/mol. The number of hydrogen-bond acceptors (Lipinski definition) is 8. The van der Waals surface area contributed by atoms with Crippen LogP contribution in [-0.2, 0) is 9.59 Å². The average Bonchev–Trinajstić information content (AvgIpc) is 3.07. The minimum absolute atomic E-state index is 0.00279. The second-order valence-electron chi connectivity index (χ2n) is 9.37. The van der Waals surface area contributed by atoms with Crippen molar-refractivity contribution in [2.75, 3.05) is 44.8 Å². The lowest BCUT2D eigenvalue weighted by Crippen LogP contribution is -2.30. The number of nitrogens with one attached hydrogen (secondary N) is 3. The summed E-state index contributed by atoms with van der Waals surface area (Å²) in [6, 6.07) is 25.9. The van der Waals surface area contributed by atoms with Crippen LogP contribution in [0.4, 0.5) is 11.4 Å². The maximum Gasteiger partial charge on any atom is 0.272 e. The molecule has 0 atom stereocenters. The zero-order valence-corrected chi connectivity index (χ0v) is 26.0. The van der Waals surface area contributed by atoms with Gasteiger partial charge in [-0.1, -0.05) is 24.3 Å². The summed E-state index contributed by atoms with van der Waals surface area (Å²) in [5.41, 5.74) is 1.91. The monoisotopic (exact) mass is 627 g/mol. The first kappa shape index (κ1) is 32.5. The summed E-state index contributed by atoms with van der Waals surface area (Å²) in [7, 11) is 6.11. The number of hydrogen-bond donors (Lipinski definition) is 3. The number of carbonyl (C=O) groups is 3. The fraction of sp³-hybridized carbons (Fsp3) is 0.147. The van der Waals surface area contributed by atoms with Gasteiger partial charge >= 0.3 is 0 Å². The highest BCUT2D eigenvalue weighted by molar-refractivity contribution is 8.00. The number of anilines is 2. The van der Waals surface area contributed by atoms with Gasteiger partial charge in [0.15, 0.2) is 0 Å². The maximum absolute atomic E-state index is 13.5. The molecule has 0 spiro atoms. The van der Waals surface area contributed by atoms with Gasteiger partial charge in [-0.3, -0.25) is 14.4 Å². The largest absolute Gasteiger partial charge is 0.497 e. The molecule has 0 unspecified atom stereocenters. The maximum atomic E-state index is 13.5. The average molecular weight is 628 g/mol. The van der Waals surface area contributed by atoms with Crippen molar-refractivity contribution in [3.63, 3.8) is 0 Å². The normalized spacial score (nSPS) is 10.8. The molecule has 3 amide bonds. The Labute approximate surface area is 265 Å². The minimum Gasteiger partial charge on any atom is -0.497 e. The molecule has 10 nitrogen and oxygen atoms in total. The zero-order valence-electron chi connectivity index (χ0n) is 25.2. The fourth-order valence-electron chi connectivity index (χ4n) is 4.14. The molecule has 4 rings (SSSR count). The van der Waals surface area contributed by atoms with E-state index in [1.165, 1.54) is 32.1 Å². The fourth-order valence-corrected chi connectivity index (χ4v) is 4.90. The van der Waals surface area contributed by atoms with E-state index in [4.69, 9.17) is 18.9 Å². The number of thioether (sulfide) groups is 1. The number of rotatable bonds is 13. The molecule has 0 saturated carbocycles. The van der Waals surface area contributed by atoms with Crippen LogP contribution >= 0.6 is 11.8 Å². The Morgan fingerprint density at radius 1 is 0.711 bits per heavy atom. The van der Waals surface area contributed by atoms with Crippen LogP contribution in [0.25, 0.3) is 6.08 Å². The summed E-state index contributed by atoms with van der Waals surface area (Å²) in [6.45, 7) is 0. The van der Waals surface area contributed by atoms with Crippen LogP contribution in [0, 0.1) is 0 Å². The molecule has 3 N–H and O–H groups in total. The quantitative estimate of drug-likeness (QED) is 0.124. The first-order valence-corrected chi connectivity index (χ1v) is 14.7. The molecule has 4 aromatic carbocycles.